The Morgan fingerprint density at radius 1 is 1.24 bits per heavy atom. The molecule has 0 spiro atoms. The van der Waals surface area contributed by atoms with Crippen LogP contribution in [-0.4, -0.2) is 23.4 Å². The second-order valence-corrected chi connectivity index (χ2v) is 5.87. The van der Waals surface area contributed by atoms with Crippen LogP contribution in [-0.2, 0) is 9.53 Å². The van der Waals surface area contributed by atoms with Gasteiger partial charge in [-0.2, -0.15) is 0 Å². The van der Waals surface area contributed by atoms with E-state index in [1.54, 1.807) is 30.3 Å². The first-order chi connectivity index (χ1) is 12.0. The molecule has 3 N–H and O–H groups in total. The molecule has 1 heterocycles. The maximum atomic E-state index is 12.3. The SMILES string of the molecule is O=C(/C=C1\CC(OC(=O)O)Nc2cc(Cl)ccc21)Nc1ccccc1. The molecule has 0 aromatic heterocycles. The predicted octanol–water partition coefficient (Wildman–Crippen LogP) is 4.20. The third-order valence-corrected chi connectivity index (χ3v) is 3.87. The molecule has 1 unspecified atom stereocenters. The highest BCUT2D eigenvalue weighted by molar-refractivity contribution is 6.31. The maximum absolute atomic E-state index is 12.3. The predicted molar refractivity (Wildman–Crippen MR) is 95.6 cm³/mol. The summed E-state index contributed by atoms with van der Waals surface area (Å²) in [6, 6.07) is 14.2. The Hall–Kier alpha value is -2.99. The fourth-order valence-corrected chi connectivity index (χ4v) is 2.81. The van der Waals surface area contributed by atoms with Crippen LogP contribution in [0.2, 0.25) is 5.02 Å². The smallest absolute Gasteiger partial charge is 0.450 e. The van der Waals surface area contributed by atoms with Gasteiger partial charge in [0.1, 0.15) is 0 Å². The summed E-state index contributed by atoms with van der Waals surface area (Å²) >= 11 is 5.99. The van der Waals surface area contributed by atoms with Crippen LogP contribution in [0.1, 0.15) is 12.0 Å². The summed E-state index contributed by atoms with van der Waals surface area (Å²) in [5.74, 6) is -0.307. The van der Waals surface area contributed by atoms with E-state index in [0.717, 1.165) is 5.56 Å². The van der Waals surface area contributed by atoms with Crippen LogP contribution in [0, 0.1) is 0 Å². The summed E-state index contributed by atoms with van der Waals surface area (Å²) in [6.07, 6.45) is -0.516. The Bertz CT molecular complexity index is 836. The molecule has 0 saturated heterocycles. The first kappa shape index (κ1) is 16.9. The maximum Gasteiger partial charge on any atom is 0.507 e. The zero-order valence-electron chi connectivity index (χ0n) is 13.0. The van der Waals surface area contributed by atoms with E-state index in [1.165, 1.54) is 6.08 Å². The summed E-state index contributed by atoms with van der Waals surface area (Å²) in [5, 5.41) is 15.1. The Balaban J connectivity index is 1.87. The van der Waals surface area contributed by atoms with Gasteiger partial charge in [-0.05, 0) is 29.8 Å². The van der Waals surface area contributed by atoms with Crippen LogP contribution in [0.4, 0.5) is 16.2 Å². The average Bonchev–Trinajstić information content (AvgIpc) is 2.54. The minimum atomic E-state index is -1.39. The van der Waals surface area contributed by atoms with E-state index in [2.05, 4.69) is 10.6 Å². The molecule has 1 atom stereocenters. The highest BCUT2D eigenvalue weighted by Crippen LogP contribution is 2.35. The van der Waals surface area contributed by atoms with Gasteiger partial charge in [0.05, 0.1) is 0 Å². The Labute approximate surface area is 149 Å². The molecule has 7 heteroatoms. The van der Waals surface area contributed by atoms with Crippen molar-refractivity contribution in [1.82, 2.24) is 0 Å². The van der Waals surface area contributed by atoms with Gasteiger partial charge in [0.2, 0.25) is 5.91 Å². The van der Waals surface area contributed by atoms with Gasteiger partial charge < -0.3 is 20.5 Å². The van der Waals surface area contributed by atoms with Crippen LogP contribution in [0.15, 0.2) is 54.6 Å². The van der Waals surface area contributed by atoms with Gasteiger partial charge in [0, 0.05) is 34.5 Å². The first-order valence-electron chi connectivity index (χ1n) is 7.54. The fourth-order valence-electron chi connectivity index (χ4n) is 2.64. The van der Waals surface area contributed by atoms with Gasteiger partial charge in [0.25, 0.3) is 0 Å². The van der Waals surface area contributed by atoms with Gasteiger partial charge in [-0.15, -0.1) is 0 Å². The third-order valence-electron chi connectivity index (χ3n) is 3.64. The fraction of sp³-hybridized carbons (Fsp3) is 0.111. The van der Waals surface area contributed by atoms with E-state index >= 15 is 0 Å². The van der Waals surface area contributed by atoms with E-state index in [-0.39, 0.29) is 12.3 Å². The normalized spacial score (nSPS) is 17.3. The number of rotatable bonds is 3. The lowest BCUT2D eigenvalue weighted by Gasteiger charge is -2.28. The van der Waals surface area contributed by atoms with Crippen molar-refractivity contribution in [3.63, 3.8) is 0 Å². The molecular formula is C18H15ClN2O4. The van der Waals surface area contributed by atoms with Crippen molar-refractivity contribution in [3.05, 3.63) is 65.2 Å². The number of hydrogen-bond acceptors (Lipinski definition) is 4. The standard InChI is InChI=1S/C18H15ClN2O4/c19-12-6-7-14-11(8-16(22)20-13-4-2-1-3-5-13)9-17(25-18(23)24)21-15(14)10-12/h1-8,10,17,21H,9H2,(H,20,22)(H,23,24)/b11-8+. The first-order valence-corrected chi connectivity index (χ1v) is 7.92. The molecule has 128 valence electrons. The van der Waals surface area contributed by atoms with E-state index in [9.17, 15) is 9.59 Å². The van der Waals surface area contributed by atoms with Crippen molar-refractivity contribution < 1.29 is 19.4 Å². The lowest BCUT2D eigenvalue weighted by atomic mass is 9.95. The molecule has 25 heavy (non-hydrogen) atoms. The highest BCUT2D eigenvalue weighted by Gasteiger charge is 2.25. The number of carbonyl (C=O) groups excluding carboxylic acids is 1. The molecule has 0 saturated carbocycles. The number of carbonyl (C=O) groups is 2. The van der Waals surface area contributed by atoms with Crippen LogP contribution in [0.25, 0.3) is 5.57 Å². The van der Waals surface area contributed by atoms with Crippen LogP contribution in [0.5, 0.6) is 0 Å². The Kier molecular flexibility index (Phi) is 4.90. The van der Waals surface area contributed by atoms with Crippen LogP contribution < -0.4 is 10.6 Å². The van der Waals surface area contributed by atoms with Crippen molar-refractivity contribution in [1.29, 1.82) is 0 Å². The summed E-state index contributed by atoms with van der Waals surface area (Å²) in [5.41, 5.74) is 2.72. The topological polar surface area (TPSA) is 87.7 Å². The molecule has 2 aromatic rings. The molecule has 6 nitrogen and oxygen atoms in total. The quantitative estimate of drug-likeness (QED) is 0.565. The van der Waals surface area contributed by atoms with Gasteiger partial charge in [-0.1, -0.05) is 35.9 Å². The van der Waals surface area contributed by atoms with Crippen LogP contribution in [0.3, 0.4) is 0 Å². The summed E-state index contributed by atoms with van der Waals surface area (Å²) in [4.78, 5) is 23.1. The number of carboxylic acid groups (broad SMARTS) is 1. The summed E-state index contributed by atoms with van der Waals surface area (Å²) < 4.78 is 4.81. The van der Waals surface area contributed by atoms with Crippen molar-refractivity contribution in [2.45, 2.75) is 12.6 Å². The molecule has 1 aliphatic rings. The Morgan fingerprint density at radius 2 is 2.00 bits per heavy atom. The lowest BCUT2D eigenvalue weighted by molar-refractivity contribution is -0.111. The molecule has 2 aromatic carbocycles. The zero-order chi connectivity index (χ0) is 17.8. The highest BCUT2D eigenvalue weighted by atomic mass is 35.5. The van der Waals surface area contributed by atoms with Crippen LogP contribution >= 0.6 is 11.6 Å². The monoisotopic (exact) mass is 358 g/mol. The van der Waals surface area contributed by atoms with E-state index < -0.39 is 12.4 Å². The van der Waals surface area contributed by atoms with Gasteiger partial charge in [-0.25, -0.2) is 4.79 Å². The van der Waals surface area contributed by atoms with Crippen molar-refractivity contribution in [2.75, 3.05) is 10.6 Å². The van der Waals surface area contributed by atoms with E-state index in [4.69, 9.17) is 21.4 Å². The molecule has 1 amide bonds. The van der Waals surface area contributed by atoms with Gasteiger partial charge in [0.15, 0.2) is 6.23 Å². The molecule has 0 aliphatic carbocycles. The number of ether oxygens (including phenoxy) is 1. The van der Waals surface area contributed by atoms with Gasteiger partial charge in [-0.3, -0.25) is 4.79 Å². The molecule has 0 bridgehead atoms. The number of nitrogens with one attached hydrogen (secondary N) is 2. The number of para-hydroxylation sites is 1. The Morgan fingerprint density at radius 3 is 2.72 bits per heavy atom. The van der Waals surface area contributed by atoms with Gasteiger partial charge >= 0.3 is 6.16 Å². The number of anilines is 2. The molecular weight excluding hydrogens is 344 g/mol. The van der Waals surface area contributed by atoms with Crippen molar-refractivity contribution >= 4 is 40.6 Å². The molecule has 0 fully saturated rings. The summed E-state index contributed by atoms with van der Waals surface area (Å²) in [7, 11) is 0. The second-order valence-electron chi connectivity index (χ2n) is 5.44. The largest absolute Gasteiger partial charge is 0.507 e. The molecule has 0 radical (unpaired) electrons. The molecule has 1 aliphatic heterocycles. The summed E-state index contributed by atoms with van der Waals surface area (Å²) in [6.45, 7) is 0. The van der Waals surface area contributed by atoms with E-state index in [1.807, 2.05) is 18.2 Å². The number of amides is 1. The number of fused-ring (bicyclic) bond motifs is 1. The number of halogens is 1. The third kappa shape index (κ3) is 4.30. The van der Waals surface area contributed by atoms with Crippen molar-refractivity contribution in [2.24, 2.45) is 0 Å². The van der Waals surface area contributed by atoms with E-state index in [0.29, 0.717) is 22.0 Å². The minimum absolute atomic E-state index is 0.225. The number of benzene rings is 2. The minimum Gasteiger partial charge on any atom is -0.450 e. The average molecular weight is 359 g/mol. The lowest BCUT2D eigenvalue weighted by Crippen LogP contribution is -2.30. The number of hydrogen-bond donors (Lipinski definition) is 3. The van der Waals surface area contributed by atoms with Crippen molar-refractivity contribution in [3.8, 4) is 0 Å². The second kappa shape index (κ2) is 7.27. The molecule has 3 rings (SSSR count). The zero-order valence-corrected chi connectivity index (χ0v) is 13.8.